The minimum Gasteiger partial charge on any atom is -0.477 e. The first-order valence-electron chi connectivity index (χ1n) is 7.17. The maximum atomic E-state index is 12.1. The molecule has 2 unspecified atom stereocenters. The molecule has 14 heteroatoms. The highest BCUT2D eigenvalue weighted by Crippen LogP contribution is 2.44. The summed E-state index contributed by atoms with van der Waals surface area (Å²) >= 11 is 8.82. The molecule has 0 aliphatic carbocycles. The molecule has 1 aromatic heterocycles. The lowest BCUT2D eigenvalue weighted by molar-refractivity contribution is -0.146. The summed E-state index contributed by atoms with van der Waals surface area (Å²) < 4.78 is 0.849. The van der Waals surface area contributed by atoms with Gasteiger partial charge in [0.1, 0.15) is 14.8 Å². The number of aryl methyl sites for hydroxylation is 1. The topological polar surface area (TPSA) is 130 Å². The molecule has 26 heavy (non-hydrogen) atoms. The lowest BCUT2D eigenvalue weighted by Crippen LogP contribution is -2.57. The van der Waals surface area contributed by atoms with Crippen LogP contribution in [-0.2, 0) is 21.4 Å². The van der Waals surface area contributed by atoms with Gasteiger partial charge in [-0.25, -0.2) is 9.48 Å². The Morgan fingerprint density at radius 3 is 2.77 bits per heavy atom. The Labute approximate surface area is 172 Å². The van der Waals surface area contributed by atoms with Crippen molar-refractivity contribution in [2.75, 3.05) is 5.75 Å². The van der Waals surface area contributed by atoms with Crippen molar-refractivity contribution in [3.05, 3.63) is 11.3 Å². The second-order valence-electron chi connectivity index (χ2n) is 5.30. The zero-order valence-corrected chi connectivity index (χ0v) is 17.9. The van der Waals surface area contributed by atoms with Crippen molar-refractivity contribution in [3.63, 3.8) is 0 Å². The highest BCUT2D eigenvalue weighted by atomic mass is 79.9. The number of fused-ring (bicyclic) bond motifs is 1. The minimum atomic E-state index is -1.21. The Balaban J connectivity index is 1.92. The number of aliphatic carboxylic acids is 1. The van der Waals surface area contributed by atoms with Gasteiger partial charge < -0.3 is 10.4 Å². The van der Waals surface area contributed by atoms with Crippen LogP contribution in [0.25, 0.3) is 0 Å². The number of amides is 2. The number of hydrogen-bond donors (Lipinski definition) is 2. The Morgan fingerprint density at radius 1 is 1.50 bits per heavy atom. The van der Waals surface area contributed by atoms with Crippen molar-refractivity contribution < 1.29 is 19.5 Å². The molecule has 1 saturated heterocycles. The Kier molecular flexibility index (Phi) is 5.94. The molecule has 10 nitrogen and oxygen atoms in total. The average Bonchev–Trinajstić information content (AvgIpc) is 2.97. The van der Waals surface area contributed by atoms with E-state index in [-0.39, 0.29) is 35.1 Å². The zero-order chi connectivity index (χ0) is 19.0. The molecule has 3 rings (SSSR count). The van der Waals surface area contributed by atoms with Crippen LogP contribution < -0.4 is 5.32 Å². The Hall–Kier alpha value is -1.12. The molecule has 2 aliphatic rings. The zero-order valence-electron chi connectivity index (χ0n) is 13.1. The monoisotopic (exact) mass is 526 g/mol. The third-order valence-corrected chi connectivity index (χ3v) is 6.93. The van der Waals surface area contributed by atoms with Crippen molar-refractivity contribution in [3.8, 4) is 0 Å². The molecule has 0 radical (unpaired) electrons. The fraction of sp³-hybridized carbons (Fsp3) is 0.500. The molecule has 1 fully saturated rings. The number of nitrogens with one attached hydrogen (secondary N) is 1. The molecular weight excluding hydrogens is 516 g/mol. The van der Waals surface area contributed by atoms with Crippen LogP contribution in [0.5, 0.6) is 0 Å². The number of carboxylic acid groups (broad SMARTS) is 1. The van der Waals surface area contributed by atoms with Crippen LogP contribution in [0.15, 0.2) is 16.4 Å². The van der Waals surface area contributed by atoms with Crippen LogP contribution in [0.2, 0.25) is 0 Å². The van der Waals surface area contributed by atoms with Gasteiger partial charge in [0.25, 0.3) is 0 Å². The van der Waals surface area contributed by atoms with Gasteiger partial charge in [-0.3, -0.25) is 14.5 Å². The first-order chi connectivity index (χ1) is 12.3. The van der Waals surface area contributed by atoms with Gasteiger partial charge in [0.15, 0.2) is 0 Å². The minimum absolute atomic E-state index is 0.0846. The van der Waals surface area contributed by atoms with Gasteiger partial charge in [-0.05, 0) is 10.4 Å². The molecule has 3 heterocycles. The van der Waals surface area contributed by atoms with Crippen molar-refractivity contribution in [1.82, 2.24) is 30.4 Å². The van der Waals surface area contributed by atoms with E-state index in [0.29, 0.717) is 10.7 Å². The number of halogens is 2. The van der Waals surface area contributed by atoms with Crippen molar-refractivity contribution in [2.24, 2.45) is 7.05 Å². The predicted octanol–water partition coefficient (Wildman–Crippen LogP) is 0.504. The number of tetrazole rings is 1. The number of carbonyl (C=O) groups excluding carboxylic acids is 2. The van der Waals surface area contributed by atoms with E-state index in [1.54, 1.807) is 7.05 Å². The first kappa shape index (κ1) is 19.6. The maximum absolute atomic E-state index is 12.1. The van der Waals surface area contributed by atoms with Crippen LogP contribution in [0.3, 0.4) is 0 Å². The average molecular weight is 528 g/mol. The second-order valence-corrected chi connectivity index (χ2v) is 10.6. The molecule has 0 aromatic carbocycles. The smallest absolute Gasteiger partial charge is 0.352 e. The summed E-state index contributed by atoms with van der Waals surface area (Å²) in [5.41, 5.74) is 0.340. The normalized spacial score (nSPS) is 22.3. The number of alkyl halides is 2. The van der Waals surface area contributed by atoms with E-state index in [1.807, 2.05) is 0 Å². The first-order valence-corrected chi connectivity index (χ1v) is 10.9. The van der Waals surface area contributed by atoms with Gasteiger partial charge in [0.05, 0.1) is 11.8 Å². The summed E-state index contributed by atoms with van der Waals surface area (Å²) in [6, 6.07) is 0. The van der Waals surface area contributed by atoms with Gasteiger partial charge in [-0.1, -0.05) is 43.6 Å². The summed E-state index contributed by atoms with van der Waals surface area (Å²) in [7, 11) is 1.67. The molecule has 1 aromatic rings. The SMILES string of the molecule is Cn1nnnc1SCC1=C(C(=O)O)N2C(=O)CC2SC1NC(=O)C(Br)Br. The van der Waals surface area contributed by atoms with E-state index in [9.17, 15) is 19.5 Å². The number of carbonyl (C=O) groups is 3. The standard InChI is InChI=1S/C12H12Br2N6O4S2/c1-19-12(16-17-18-19)25-3-4-7(11(23)24)20-5(21)2-6(20)26-10(4)15-9(22)8(13)14/h6,8,10H,2-3H2,1H3,(H,15,22)(H,23,24). The summed E-state index contributed by atoms with van der Waals surface area (Å²) in [6.45, 7) is 0. The van der Waals surface area contributed by atoms with Crippen molar-refractivity contribution in [2.45, 2.75) is 26.1 Å². The maximum Gasteiger partial charge on any atom is 0.352 e. The second kappa shape index (κ2) is 7.86. The number of aromatic nitrogens is 4. The number of rotatable bonds is 6. The number of β-lactam (4-membered cyclic amide) rings is 1. The van der Waals surface area contributed by atoms with Gasteiger partial charge in [0, 0.05) is 18.4 Å². The fourth-order valence-corrected chi connectivity index (χ4v) is 5.18. The number of nitrogens with zero attached hydrogens (tertiary/aromatic N) is 5. The predicted molar refractivity (Wildman–Crippen MR) is 101 cm³/mol. The van der Waals surface area contributed by atoms with Crippen molar-refractivity contribution in [1.29, 1.82) is 0 Å². The van der Waals surface area contributed by atoms with E-state index in [4.69, 9.17) is 0 Å². The summed E-state index contributed by atoms with van der Waals surface area (Å²) in [5, 5.41) is 23.2. The third kappa shape index (κ3) is 3.77. The van der Waals surface area contributed by atoms with Gasteiger partial charge >= 0.3 is 5.97 Å². The number of thioether (sulfide) groups is 2. The van der Waals surface area contributed by atoms with Crippen molar-refractivity contribution >= 4 is 73.2 Å². The fourth-order valence-electron chi connectivity index (χ4n) is 2.47. The highest BCUT2D eigenvalue weighted by Gasteiger charge is 2.48. The van der Waals surface area contributed by atoms with Gasteiger partial charge in [-0.2, -0.15) is 0 Å². The third-order valence-electron chi connectivity index (χ3n) is 3.67. The van der Waals surface area contributed by atoms with E-state index in [1.165, 1.54) is 33.1 Å². The Bertz CT molecular complexity index is 800. The van der Waals surface area contributed by atoms with Gasteiger partial charge in [-0.15, -0.1) is 16.9 Å². The molecule has 0 bridgehead atoms. The molecule has 2 atom stereocenters. The lowest BCUT2D eigenvalue weighted by Gasteiger charge is -2.46. The van der Waals surface area contributed by atoms with E-state index in [0.717, 1.165) is 0 Å². The largest absolute Gasteiger partial charge is 0.477 e. The molecule has 2 N–H and O–H groups in total. The lowest BCUT2D eigenvalue weighted by atomic mass is 10.1. The molecule has 0 saturated carbocycles. The highest BCUT2D eigenvalue weighted by molar-refractivity contribution is 9.25. The molecule has 0 spiro atoms. The van der Waals surface area contributed by atoms with Crippen LogP contribution in [0.1, 0.15) is 6.42 Å². The molecule has 2 aliphatic heterocycles. The summed E-state index contributed by atoms with van der Waals surface area (Å²) in [4.78, 5) is 37.1. The van der Waals surface area contributed by atoms with E-state index < -0.39 is 15.1 Å². The molecular formula is C12H12Br2N6O4S2. The van der Waals surface area contributed by atoms with Crippen LogP contribution in [0, 0.1) is 0 Å². The van der Waals surface area contributed by atoms with Crippen LogP contribution in [-0.4, -0.2) is 68.2 Å². The quantitative estimate of drug-likeness (QED) is 0.308. The van der Waals surface area contributed by atoms with Gasteiger partial charge in [0.2, 0.25) is 17.0 Å². The number of carboxylic acids is 1. The molecule has 2 amide bonds. The summed E-state index contributed by atoms with van der Waals surface area (Å²) in [6.07, 6.45) is 0.244. The van der Waals surface area contributed by atoms with E-state index >= 15 is 0 Å². The Morgan fingerprint density at radius 2 is 2.23 bits per heavy atom. The van der Waals surface area contributed by atoms with Crippen LogP contribution >= 0.6 is 55.4 Å². The van der Waals surface area contributed by atoms with E-state index in [2.05, 4.69) is 52.7 Å². The molecule has 140 valence electrons. The summed E-state index contributed by atoms with van der Waals surface area (Å²) in [5.74, 6) is -1.58. The van der Waals surface area contributed by atoms with Crippen LogP contribution in [0.4, 0.5) is 0 Å². The number of hydrogen-bond acceptors (Lipinski definition) is 8.